The fourth-order valence-electron chi connectivity index (χ4n) is 3.09. The number of aryl methyl sites for hydroxylation is 1. The molecule has 0 saturated heterocycles. The van der Waals surface area contributed by atoms with Crippen molar-refractivity contribution in [2.24, 2.45) is 0 Å². The molecule has 124 valence electrons. The maximum absolute atomic E-state index is 14.3. The number of aromatic hydroxyl groups is 1. The molecule has 0 fully saturated rings. The number of hydrogen-bond donors (Lipinski definition) is 1. The van der Waals surface area contributed by atoms with Crippen molar-refractivity contribution in [3.63, 3.8) is 0 Å². The van der Waals surface area contributed by atoms with Crippen molar-refractivity contribution in [1.82, 2.24) is 0 Å². The molecule has 0 bridgehead atoms. The number of fused-ring (bicyclic) bond motifs is 1. The maximum Gasteiger partial charge on any atom is 0.131 e. The topological polar surface area (TPSA) is 20.2 Å². The highest BCUT2D eigenvalue weighted by atomic mass is 19.1. The lowest BCUT2D eigenvalue weighted by Gasteiger charge is -2.08. The monoisotopic (exact) mass is 322 g/mol. The van der Waals surface area contributed by atoms with Crippen LogP contribution in [0.15, 0.2) is 54.6 Å². The molecule has 0 radical (unpaired) electrons. The number of unbranched alkanes of at least 4 members (excludes halogenated alkanes) is 3. The van der Waals surface area contributed by atoms with E-state index in [9.17, 15) is 9.50 Å². The van der Waals surface area contributed by atoms with Gasteiger partial charge in [0.15, 0.2) is 0 Å². The highest BCUT2D eigenvalue weighted by molar-refractivity contribution is 5.89. The van der Waals surface area contributed by atoms with Gasteiger partial charge in [0.25, 0.3) is 0 Å². The average molecular weight is 322 g/mol. The molecule has 3 aromatic rings. The molecule has 0 amide bonds. The Balaban J connectivity index is 1.81. The molecule has 0 spiro atoms. The molecule has 0 heterocycles. The van der Waals surface area contributed by atoms with E-state index in [0.29, 0.717) is 5.39 Å². The summed E-state index contributed by atoms with van der Waals surface area (Å²) >= 11 is 0. The highest BCUT2D eigenvalue weighted by Crippen LogP contribution is 2.29. The molecule has 0 unspecified atom stereocenters. The van der Waals surface area contributed by atoms with Crippen LogP contribution in [0, 0.1) is 5.82 Å². The van der Waals surface area contributed by atoms with E-state index in [1.807, 2.05) is 6.07 Å². The minimum absolute atomic E-state index is 0.0848. The van der Waals surface area contributed by atoms with E-state index in [0.717, 1.165) is 22.9 Å². The summed E-state index contributed by atoms with van der Waals surface area (Å²) in [6.07, 6.45) is 6.15. The molecule has 0 saturated carbocycles. The van der Waals surface area contributed by atoms with Crippen molar-refractivity contribution in [2.45, 2.75) is 39.0 Å². The molecule has 3 aromatic carbocycles. The number of phenolic OH excluding ortho intramolecular Hbond substituents is 1. The van der Waals surface area contributed by atoms with Gasteiger partial charge in [-0.25, -0.2) is 4.39 Å². The summed E-state index contributed by atoms with van der Waals surface area (Å²) in [5, 5.41) is 10.8. The van der Waals surface area contributed by atoms with Crippen LogP contribution in [0.5, 0.6) is 5.75 Å². The van der Waals surface area contributed by atoms with Crippen molar-refractivity contribution in [3.8, 4) is 16.9 Å². The maximum atomic E-state index is 14.3. The zero-order valence-corrected chi connectivity index (χ0v) is 14.1. The molecule has 0 atom stereocenters. The second kappa shape index (κ2) is 7.48. The third-order valence-electron chi connectivity index (χ3n) is 4.49. The third-order valence-corrected chi connectivity index (χ3v) is 4.49. The summed E-state index contributed by atoms with van der Waals surface area (Å²) in [6.45, 7) is 2.22. The first-order chi connectivity index (χ1) is 11.7. The van der Waals surface area contributed by atoms with Crippen molar-refractivity contribution >= 4 is 10.8 Å². The van der Waals surface area contributed by atoms with Gasteiger partial charge in [-0.15, -0.1) is 0 Å². The highest BCUT2D eigenvalue weighted by Gasteiger charge is 2.07. The molecule has 2 heteroatoms. The second-order valence-electron chi connectivity index (χ2n) is 6.37. The standard InChI is InChI=1S/C22H23FO/c1-2-3-4-5-6-16-7-9-17(10-8-16)19-13-18-11-12-20(24)15-21(18)22(23)14-19/h7-15,24H,2-6H2,1H3. The van der Waals surface area contributed by atoms with Gasteiger partial charge in [0.1, 0.15) is 11.6 Å². The molecular weight excluding hydrogens is 299 g/mol. The summed E-state index contributed by atoms with van der Waals surface area (Å²) in [6, 6.07) is 16.7. The Morgan fingerprint density at radius 3 is 2.38 bits per heavy atom. The van der Waals surface area contributed by atoms with Gasteiger partial charge in [0.2, 0.25) is 0 Å². The predicted molar refractivity (Wildman–Crippen MR) is 98.9 cm³/mol. The van der Waals surface area contributed by atoms with Gasteiger partial charge in [-0.1, -0.05) is 56.5 Å². The van der Waals surface area contributed by atoms with E-state index in [-0.39, 0.29) is 11.6 Å². The van der Waals surface area contributed by atoms with Gasteiger partial charge in [0, 0.05) is 5.39 Å². The van der Waals surface area contributed by atoms with Gasteiger partial charge < -0.3 is 5.11 Å². The van der Waals surface area contributed by atoms with Crippen LogP contribution in [0.25, 0.3) is 21.9 Å². The van der Waals surface area contributed by atoms with Crippen molar-refractivity contribution in [1.29, 1.82) is 0 Å². The van der Waals surface area contributed by atoms with Crippen LogP contribution in [0.3, 0.4) is 0 Å². The van der Waals surface area contributed by atoms with E-state index in [1.165, 1.54) is 43.4 Å². The molecule has 0 aliphatic carbocycles. The first-order valence-corrected chi connectivity index (χ1v) is 8.69. The lowest BCUT2D eigenvalue weighted by Crippen LogP contribution is -1.88. The summed E-state index contributed by atoms with van der Waals surface area (Å²) in [5.41, 5.74) is 3.21. The van der Waals surface area contributed by atoms with Gasteiger partial charge >= 0.3 is 0 Å². The Kier molecular flexibility index (Phi) is 5.14. The molecule has 1 N–H and O–H groups in total. The van der Waals surface area contributed by atoms with Crippen molar-refractivity contribution in [2.75, 3.05) is 0 Å². The summed E-state index contributed by atoms with van der Waals surface area (Å²) in [7, 11) is 0. The molecule has 0 aromatic heterocycles. The number of halogens is 1. The van der Waals surface area contributed by atoms with E-state index in [2.05, 4.69) is 31.2 Å². The average Bonchev–Trinajstić information content (AvgIpc) is 2.60. The molecule has 0 aliphatic heterocycles. The molecule has 1 nitrogen and oxygen atoms in total. The molecule has 3 rings (SSSR count). The van der Waals surface area contributed by atoms with Crippen LogP contribution in [0.1, 0.15) is 38.2 Å². The zero-order valence-electron chi connectivity index (χ0n) is 14.1. The third kappa shape index (κ3) is 3.76. The summed E-state index contributed by atoms with van der Waals surface area (Å²) in [4.78, 5) is 0. The van der Waals surface area contributed by atoms with E-state index in [4.69, 9.17) is 0 Å². The van der Waals surface area contributed by atoms with E-state index in [1.54, 1.807) is 12.1 Å². The van der Waals surface area contributed by atoms with Crippen LogP contribution >= 0.6 is 0 Å². The van der Waals surface area contributed by atoms with Gasteiger partial charge in [-0.2, -0.15) is 0 Å². The lowest BCUT2D eigenvalue weighted by molar-refractivity contribution is 0.476. The summed E-state index contributed by atoms with van der Waals surface area (Å²) in [5.74, 6) is -0.219. The smallest absolute Gasteiger partial charge is 0.131 e. The number of rotatable bonds is 6. The Morgan fingerprint density at radius 2 is 1.62 bits per heavy atom. The molecule has 24 heavy (non-hydrogen) atoms. The predicted octanol–water partition coefficient (Wildman–Crippen LogP) is 6.47. The van der Waals surface area contributed by atoms with Crippen LogP contribution in [-0.2, 0) is 6.42 Å². The zero-order chi connectivity index (χ0) is 16.9. The molecular formula is C22H23FO. The first kappa shape index (κ1) is 16.5. The largest absolute Gasteiger partial charge is 0.508 e. The van der Waals surface area contributed by atoms with Gasteiger partial charge in [0.05, 0.1) is 0 Å². The Bertz CT molecular complexity index is 821. The van der Waals surface area contributed by atoms with Gasteiger partial charge in [-0.3, -0.25) is 0 Å². The lowest BCUT2D eigenvalue weighted by atomic mass is 9.98. The quantitative estimate of drug-likeness (QED) is 0.515. The fraction of sp³-hybridized carbons (Fsp3) is 0.273. The Hall–Kier alpha value is -2.35. The Morgan fingerprint density at radius 1 is 0.833 bits per heavy atom. The van der Waals surface area contributed by atoms with Crippen LogP contribution in [-0.4, -0.2) is 5.11 Å². The number of phenols is 1. The van der Waals surface area contributed by atoms with E-state index < -0.39 is 0 Å². The van der Waals surface area contributed by atoms with Crippen molar-refractivity contribution in [3.05, 3.63) is 66.0 Å². The van der Waals surface area contributed by atoms with Gasteiger partial charge in [-0.05, 0) is 59.2 Å². The summed E-state index contributed by atoms with van der Waals surface area (Å²) < 4.78 is 14.3. The van der Waals surface area contributed by atoms with Crippen molar-refractivity contribution < 1.29 is 9.50 Å². The van der Waals surface area contributed by atoms with Crippen LogP contribution in [0.2, 0.25) is 0 Å². The van der Waals surface area contributed by atoms with E-state index >= 15 is 0 Å². The fourth-order valence-corrected chi connectivity index (χ4v) is 3.09. The Labute approximate surface area is 142 Å². The molecule has 0 aliphatic rings. The minimum atomic E-state index is -0.304. The minimum Gasteiger partial charge on any atom is -0.508 e. The van der Waals surface area contributed by atoms with Crippen LogP contribution in [0.4, 0.5) is 4.39 Å². The second-order valence-corrected chi connectivity index (χ2v) is 6.37. The number of hydrogen-bond acceptors (Lipinski definition) is 1. The SMILES string of the molecule is CCCCCCc1ccc(-c2cc(F)c3cc(O)ccc3c2)cc1. The number of benzene rings is 3. The van der Waals surface area contributed by atoms with Crippen LogP contribution < -0.4 is 0 Å². The normalized spacial score (nSPS) is 11.1. The first-order valence-electron chi connectivity index (χ1n) is 8.69.